The Bertz CT molecular complexity index is 449. The van der Waals surface area contributed by atoms with E-state index >= 15 is 0 Å². The second-order valence-electron chi connectivity index (χ2n) is 6.05. The largest absolute Gasteiger partial charge is 0.381 e. The molecule has 0 radical (unpaired) electrons. The van der Waals surface area contributed by atoms with E-state index in [0.29, 0.717) is 5.92 Å². The normalized spacial score (nSPS) is 25.6. The maximum absolute atomic E-state index is 6.56. The van der Waals surface area contributed by atoms with Gasteiger partial charge in [-0.2, -0.15) is 0 Å². The van der Waals surface area contributed by atoms with Crippen LogP contribution in [0.3, 0.4) is 0 Å². The predicted octanol–water partition coefficient (Wildman–Crippen LogP) is 2.63. The van der Waals surface area contributed by atoms with Gasteiger partial charge in [0.25, 0.3) is 0 Å². The van der Waals surface area contributed by atoms with Gasteiger partial charge in [0.2, 0.25) is 0 Å². The molecule has 1 heterocycles. The van der Waals surface area contributed by atoms with Gasteiger partial charge in [-0.1, -0.05) is 24.3 Å². The van der Waals surface area contributed by atoms with Gasteiger partial charge < -0.3 is 15.2 Å². The first kappa shape index (κ1) is 14.1. The van der Waals surface area contributed by atoms with Crippen LogP contribution in [0.2, 0.25) is 0 Å². The Morgan fingerprint density at radius 2 is 2.10 bits per heavy atom. The fraction of sp³-hybridized carbons (Fsp3) is 0.647. The van der Waals surface area contributed by atoms with Crippen molar-refractivity contribution in [2.45, 2.75) is 50.2 Å². The summed E-state index contributed by atoms with van der Waals surface area (Å²) >= 11 is 0. The third-order valence-corrected chi connectivity index (χ3v) is 4.95. The van der Waals surface area contributed by atoms with E-state index in [4.69, 9.17) is 15.2 Å². The van der Waals surface area contributed by atoms with Gasteiger partial charge >= 0.3 is 0 Å². The average Bonchev–Trinajstić information content (AvgIpc) is 2.46. The van der Waals surface area contributed by atoms with Crippen molar-refractivity contribution in [3.8, 4) is 0 Å². The van der Waals surface area contributed by atoms with Crippen LogP contribution in [-0.4, -0.2) is 31.5 Å². The first-order valence-corrected chi connectivity index (χ1v) is 7.80. The quantitative estimate of drug-likeness (QED) is 0.898. The summed E-state index contributed by atoms with van der Waals surface area (Å²) in [6.07, 6.45) is 4.05. The molecule has 110 valence electrons. The topological polar surface area (TPSA) is 44.5 Å². The molecule has 1 aromatic rings. The maximum Gasteiger partial charge on any atom is 0.0876 e. The summed E-state index contributed by atoms with van der Waals surface area (Å²) < 4.78 is 11.6. The summed E-state index contributed by atoms with van der Waals surface area (Å²) in [4.78, 5) is 0. The summed E-state index contributed by atoms with van der Waals surface area (Å²) in [6, 6.07) is 8.82. The van der Waals surface area contributed by atoms with Crippen molar-refractivity contribution in [1.29, 1.82) is 0 Å². The fourth-order valence-electron chi connectivity index (χ4n) is 3.72. The lowest BCUT2D eigenvalue weighted by Crippen LogP contribution is -2.54. The van der Waals surface area contributed by atoms with E-state index in [-0.39, 0.29) is 11.6 Å². The monoisotopic (exact) mass is 275 g/mol. The SMILES string of the molecule is CCOC1(C(N)CC2Cc3ccccc32)CCOCC1. The minimum absolute atomic E-state index is 0.102. The van der Waals surface area contributed by atoms with Crippen LogP contribution < -0.4 is 5.73 Å². The van der Waals surface area contributed by atoms with E-state index in [1.807, 2.05) is 0 Å². The van der Waals surface area contributed by atoms with E-state index in [0.717, 1.165) is 39.1 Å². The molecule has 1 aliphatic carbocycles. The van der Waals surface area contributed by atoms with Gasteiger partial charge in [-0.15, -0.1) is 0 Å². The Morgan fingerprint density at radius 1 is 1.35 bits per heavy atom. The van der Waals surface area contributed by atoms with Crippen LogP contribution in [-0.2, 0) is 15.9 Å². The molecule has 2 atom stereocenters. The third-order valence-electron chi connectivity index (χ3n) is 4.95. The highest BCUT2D eigenvalue weighted by Gasteiger charge is 2.41. The van der Waals surface area contributed by atoms with E-state index in [1.54, 1.807) is 0 Å². The number of hydrogen-bond acceptors (Lipinski definition) is 3. The van der Waals surface area contributed by atoms with Gasteiger partial charge in [0.1, 0.15) is 0 Å². The molecular formula is C17H25NO2. The molecule has 0 amide bonds. The van der Waals surface area contributed by atoms with Crippen molar-refractivity contribution in [3.05, 3.63) is 35.4 Å². The van der Waals surface area contributed by atoms with Crippen molar-refractivity contribution in [2.24, 2.45) is 5.73 Å². The molecule has 2 unspecified atom stereocenters. The lowest BCUT2D eigenvalue weighted by molar-refractivity contribution is -0.122. The van der Waals surface area contributed by atoms with Gasteiger partial charge in [0, 0.05) is 38.7 Å². The zero-order chi connectivity index (χ0) is 14.0. The van der Waals surface area contributed by atoms with Crippen molar-refractivity contribution in [1.82, 2.24) is 0 Å². The lowest BCUT2D eigenvalue weighted by atomic mass is 9.71. The summed E-state index contributed by atoms with van der Waals surface area (Å²) in [6.45, 7) is 4.33. The van der Waals surface area contributed by atoms with Crippen LogP contribution >= 0.6 is 0 Å². The summed E-state index contributed by atoms with van der Waals surface area (Å²) in [7, 11) is 0. The Hall–Kier alpha value is -0.900. The van der Waals surface area contributed by atoms with Gasteiger partial charge in [-0.05, 0) is 36.8 Å². The first-order valence-electron chi connectivity index (χ1n) is 7.80. The molecule has 20 heavy (non-hydrogen) atoms. The first-order chi connectivity index (χ1) is 9.75. The molecule has 0 spiro atoms. The molecule has 3 nitrogen and oxygen atoms in total. The van der Waals surface area contributed by atoms with Gasteiger partial charge in [0.05, 0.1) is 5.60 Å². The van der Waals surface area contributed by atoms with Crippen LogP contribution in [0.4, 0.5) is 0 Å². The fourth-order valence-corrected chi connectivity index (χ4v) is 3.72. The number of rotatable bonds is 5. The Labute approximate surface area is 121 Å². The van der Waals surface area contributed by atoms with Crippen molar-refractivity contribution in [3.63, 3.8) is 0 Å². The Morgan fingerprint density at radius 3 is 2.80 bits per heavy atom. The lowest BCUT2D eigenvalue weighted by Gasteiger charge is -2.44. The van der Waals surface area contributed by atoms with Crippen LogP contribution in [0.25, 0.3) is 0 Å². The van der Waals surface area contributed by atoms with E-state index < -0.39 is 0 Å². The Kier molecular flexibility index (Phi) is 4.11. The predicted molar refractivity (Wildman–Crippen MR) is 79.9 cm³/mol. The highest BCUT2D eigenvalue weighted by Crippen LogP contribution is 2.41. The van der Waals surface area contributed by atoms with E-state index in [9.17, 15) is 0 Å². The summed E-state index contributed by atoms with van der Waals surface area (Å²) in [5, 5.41) is 0. The molecule has 3 rings (SSSR count). The highest BCUT2D eigenvalue weighted by atomic mass is 16.5. The molecule has 1 saturated heterocycles. The molecule has 0 aromatic heterocycles. The number of ether oxygens (including phenoxy) is 2. The smallest absolute Gasteiger partial charge is 0.0876 e. The van der Waals surface area contributed by atoms with E-state index in [2.05, 4.69) is 31.2 Å². The molecule has 1 aliphatic heterocycles. The molecule has 2 aliphatic rings. The number of nitrogens with two attached hydrogens (primary N) is 1. The molecule has 2 N–H and O–H groups in total. The van der Waals surface area contributed by atoms with Crippen LogP contribution in [0, 0.1) is 0 Å². The Balaban J connectivity index is 1.67. The molecule has 3 heteroatoms. The standard InChI is InChI=1S/C17H25NO2/c1-2-20-17(7-9-19-10-8-17)16(18)12-14-11-13-5-3-4-6-15(13)14/h3-6,14,16H,2,7-12,18H2,1H3. The summed E-state index contributed by atoms with van der Waals surface area (Å²) in [5.74, 6) is 0.612. The van der Waals surface area contributed by atoms with Crippen molar-refractivity contribution < 1.29 is 9.47 Å². The van der Waals surface area contributed by atoms with Crippen LogP contribution in [0.5, 0.6) is 0 Å². The molecule has 0 bridgehead atoms. The van der Waals surface area contributed by atoms with Gasteiger partial charge in [-0.25, -0.2) is 0 Å². The molecular weight excluding hydrogens is 250 g/mol. The van der Waals surface area contributed by atoms with Crippen molar-refractivity contribution >= 4 is 0 Å². The van der Waals surface area contributed by atoms with Gasteiger partial charge in [0.15, 0.2) is 0 Å². The second kappa shape index (κ2) is 5.84. The number of fused-ring (bicyclic) bond motifs is 1. The van der Waals surface area contributed by atoms with Crippen LogP contribution in [0.1, 0.15) is 43.2 Å². The number of hydrogen-bond donors (Lipinski definition) is 1. The maximum atomic E-state index is 6.56. The molecule has 0 saturated carbocycles. The zero-order valence-corrected chi connectivity index (χ0v) is 12.3. The van der Waals surface area contributed by atoms with Crippen LogP contribution in [0.15, 0.2) is 24.3 Å². The summed E-state index contributed by atoms with van der Waals surface area (Å²) in [5.41, 5.74) is 9.36. The second-order valence-corrected chi connectivity index (χ2v) is 6.05. The highest BCUT2D eigenvalue weighted by molar-refractivity contribution is 5.40. The minimum Gasteiger partial charge on any atom is -0.381 e. The van der Waals surface area contributed by atoms with Crippen molar-refractivity contribution in [2.75, 3.05) is 19.8 Å². The number of benzene rings is 1. The zero-order valence-electron chi connectivity index (χ0n) is 12.3. The molecule has 1 aromatic carbocycles. The minimum atomic E-state index is -0.169. The molecule has 1 fully saturated rings. The van der Waals surface area contributed by atoms with Gasteiger partial charge in [-0.3, -0.25) is 0 Å². The average molecular weight is 275 g/mol. The van der Waals surface area contributed by atoms with E-state index in [1.165, 1.54) is 17.5 Å². The third kappa shape index (κ3) is 2.50.